The van der Waals surface area contributed by atoms with Crippen LogP contribution < -0.4 is 5.32 Å². The molecule has 0 spiro atoms. The molecule has 0 radical (unpaired) electrons. The summed E-state index contributed by atoms with van der Waals surface area (Å²) in [4.78, 5) is 6.74. The summed E-state index contributed by atoms with van der Waals surface area (Å²) in [5.74, 6) is 0.733. The minimum absolute atomic E-state index is 0.733. The predicted octanol–water partition coefficient (Wildman–Crippen LogP) is 2.22. The highest BCUT2D eigenvalue weighted by molar-refractivity contribution is 5.73. The second kappa shape index (κ2) is 6.68. The molecule has 0 unspecified atom stereocenters. The van der Waals surface area contributed by atoms with Crippen LogP contribution in [0.3, 0.4) is 0 Å². The van der Waals surface area contributed by atoms with Gasteiger partial charge in [-0.25, -0.2) is 4.98 Å². The van der Waals surface area contributed by atoms with E-state index in [1.807, 2.05) is 20.0 Å². The summed E-state index contributed by atoms with van der Waals surface area (Å²) in [6, 6.07) is 6.29. The zero-order valence-electron chi connectivity index (χ0n) is 12.1. The summed E-state index contributed by atoms with van der Waals surface area (Å²) in [6.07, 6.45) is 2.24. The van der Waals surface area contributed by atoms with Crippen molar-refractivity contribution in [2.75, 3.05) is 33.7 Å². The Bertz CT molecular complexity index is 521. The number of likely N-dealkylation sites (N-methyl/N-ethyl adjacent to an activating group) is 1. The predicted molar refractivity (Wildman–Crippen MR) is 78.5 cm³/mol. The molecule has 2 rings (SSSR count). The molecule has 1 aromatic heterocycles. The van der Waals surface area contributed by atoms with Crippen LogP contribution in [0.25, 0.3) is 11.1 Å². The number of aryl methyl sites for hydroxylation is 1. The second-order valence-electron chi connectivity index (χ2n) is 5.05. The minimum Gasteiger partial charge on any atom is -0.441 e. The van der Waals surface area contributed by atoms with Crippen molar-refractivity contribution in [1.82, 2.24) is 15.2 Å². The van der Waals surface area contributed by atoms with Gasteiger partial charge in [-0.15, -0.1) is 0 Å². The number of aromatic nitrogens is 1. The number of nitrogens with zero attached hydrogens (tertiary/aromatic N) is 2. The second-order valence-corrected chi connectivity index (χ2v) is 5.05. The fourth-order valence-electron chi connectivity index (χ4n) is 2.20. The van der Waals surface area contributed by atoms with E-state index in [0.29, 0.717) is 0 Å². The highest BCUT2D eigenvalue weighted by atomic mass is 16.3. The van der Waals surface area contributed by atoms with E-state index in [4.69, 9.17) is 4.42 Å². The van der Waals surface area contributed by atoms with Gasteiger partial charge in [0.15, 0.2) is 11.5 Å². The summed E-state index contributed by atoms with van der Waals surface area (Å²) in [5, 5.41) is 3.17. The molecule has 1 heterocycles. The zero-order chi connectivity index (χ0) is 13.7. The van der Waals surface area contributed by atoms with Gasteiger partial charge < -0.3 is 14.6 Å². The monoisotopic (exact) mass is 261 g/mol. The quantitative estimate of drug-likeness (QED) is 0.776. The zero-order valence-corrected chi connectivity index (χ0v) is 12.1. The Balaban J connectivity index is 1.87. The van der Waals surface area contributed by atoms with Crippen LogP contribution in [0.5, 0.6) is 0 Å². The Labute approximate surface area is 114 Å². The molecular weight excluding hydrogens is 238 g/mol. The van der Waals surface area contributed by atoms with Gasteiger partial charge in [0.2, 0.25) is 0 Å². The Morgan fingerprint density at radius 2 is 2.16 bits per heavy atom. The molecule has 0 aliphatic rings. The summed E-state index contributed by atoms with van der Waals surface area (Å²) in [6.45, 7) is 5.17. The van der Waals surface area contributed by atoms with Crippen LogP contribution in [0.4, 0.5) is 0 Å². The molecule has 0 bridgehead atoms. The van der Waals surface area contributed by atoms with Gasteiger partial charge in [-0.3, -0.25) is 0 Å². The third-order valence-corrected chi connectivity index (χ3v) is 3.31. The smallest absolute Gasteiger partial charge is 0.192 e. The van der Waals surface area contributed by atoms with Crippen LogP contribution in [0.1, 0.15) is 17.9 Å². The number of fused-ring (bicyclic) bond motifs is 1. The molecule has 19 heavy (non-hydrogen) atoms. The lowest BCUT2D eigenvalue weighted by Gasteiger charge is -2.16. The third kappa shape index (κ3) is 4.04. The van der Waals surface area contributed by atoms with Gasteiger partial charge in [0, 0.05) is 13.5 Å². The van der Waals surface area contributed by atoms with Crippen LogP contribution in [0, 0.1) is 6.92 Å². The average molecular weight is 261 g/mol. The minimum atomic E-state index is 0.733. The van der Waals surface area contributed by atoms with Gasteiger partial charge in [0.05, 0.1) is 0 Å². The number of rotatable bonds is 7. The van der Waals surface area contributed by atoms with Crippen LogP contribution in [-0.2, 0) is 6.42 Å². The lowest BCUT2D eigenvalue weighted by molar-refractivity contribution is 0.332. The van der Waals surface area contributed by atoms with Crippen LogP contribution in [0.2, 0.25) is 0 Å². The maximum Gasteiger partial charge on any atom is 0.192 e. The molecule has 1 N–H and O–H groups in total. The maximum atomic E-state index is 5.49. The number of hydrogen-bond donors (Lipinski definition) is 1. The summed E-state index contributed by atoms with van der Waals surface area (Å²) < 4.78 is 5.49. The van der Waals surface area contributed by atoms with Crippen molar-refractivity contribution >= 4 is 11.1 Å². The van der Waals surface area contributed by atoms with Crippen molar-refractivity contribution in [3.63, 3.8) is 0 Å². The number of oxazole rings is 1. The third-order valence-electron chi connectivity index (χ3n) is 3.31. The largest absolute Gasteiger partial charge is 0.441 e. The fourth-order valence-corrected chi connectivity index (χ4v) is 2.20. The highest BCUT2D eigenvalue weighted by Crippen LogP contribution is 2.17. The Morgan fingerprint density at radius 1 is 1.32 bits per heavy atom. The van der Waals surface area contributed by atoms with Crippen molar-refractivity contribution in [3.8, 4) is 0 Å². The number of hydrogen-bond acceptors (Lipinski definition) is 4. The van der Waals surface area contributed by atoms with E-state index in [0.717, 1.165) is 43.0 Å². The molecule has 0 aliphatic carbocycles. The lowest BCUT2D eigenvalue weighted by atomic mass is 10.1. The normalized spacial score (nSPS) is 11.6. The standard InChI is InChI=1S/C15H23N3O/c1-12-17-14-11-13(5-6-15(14)19-12)7-10-18(3)9-4-8-16-2/h5-6,11,16H,4,7-10H2,1-3H3. The van der Waals surface area contributed by atoms with Crippen LogP contribution in [-0.4, -0.2) is 43.6 Å². The van der Waals surface area contributed by atoms with Gasteiger partial charge in [-0.1, -0.05) is 6.07 Å². The molecule has 2 aromatic rings. The molecule has 1 aromatic carbocycles. The highest BCUT2D eigenvalue weighted by Gasteiger charge is 2.04. The van der Waals surface area contributed by atoms with Gasteiger partial charge in [-0.2, -0.15) is 0 Å². The molecule has 0 atom stereocenters. The van der Waals surface area contributed by atoms with E-state index in [9.17, 15) is 0 Å². The van der Waals surface area contributed by atoms with Crippen molar-refractivity contribution in [1.29, 1.82) is 0 Å². The number of benzene rings is 1. The molecule has 4 nitrogen and oxygen atoms in total. The van der Waals surface area contributed by atoms with E-state index in [-0.39, 0.29) is 0 Å². The van der Waals surface area contributed by atoms with E-state index < -0.39 is 0 Å². The van der Waals surface area contributed by atoms with Gasteiger partial charge >= 0.3 is 0 Å². The molecule has 104 valence electrons. The van der Waals surface area contributed by atoms with Crippen molar-refractivity contribution < 1.29 is 4.42 Å². The van der Waals surface area contributed by atoms with E-state index in [1.54, 1.807) is 0 Å². The van der Waals surface area contributed by atoms with Gasteiger partial charge in [0.25, 0.3) is 0 Å². The topological polar surface area (TPSA) is 41.3 Å². The number of nitrogens with one attached hydrogen (secondary N) is 1. The molecule has 0 fully saturated rings. The van der Waals surface area contributed by atoms with Crippen LogP contribution in [0.15, 0.2) is 22.6 Å². The molecule has 4 heteroatoms. The molecule has 0 amide bonds. The van der Waals surface area contributed by atoms with E-state index >= 15 is 0 Å². The molecule has 0 aliphatic heterocycles. The average Bonchev–Trinajstić information content (AvgIpc) is 2.76. The first-order valence-electron chi connectivity index (χ1n) is 6.88. The SMILES string of the molecule is CNCCCN(C)CCc1ccc2oc(C)nc2c1. The Morgan fingerprint density at radius 3 is 2.95 bits per heavy atom. The first-order chi connectivity index (χ1) is 9.19. The Kier molecular flexibility index (Phi) is 4.93. The van der Waals surface area contributed by atoms with Gasteiger partial charge in [-0.05, 0) is 57.7 Å². The van der Waals surface area contributed by atoms with Crippen molar-refractivity contribution in [3.05, 3.63) is 29.7 Å². The molecule has 0 saturated carbocycles. The van der Waals surface area contributed by atoms with E-state index in [2.05, 4.69) is 34.4 Å². The van der Waals surface area contributed by atoms with Crippen molar-refractivity contribution in [2.24, 2.45) is 0 Å². The molecule has 0 saturated heterocycles. The summed E-state index contributed by atoms with van der Waals surface area (Å²) in [7, 11) is 4.17. The first-order valence-corrected chi connectivity index (χ1v) is 6.88. The first kappa shape index (κ1) is 14.0. The van der Waals surface area contributed by atoms with E-state index in [1.165, 1.54) is 12.0 Å². The fraction of sp³-hybridized carbons (Fsp3) is 0.533. The lowest BCUT2D eigenvalue weighted by Crippen LogP contribution is -2.24. The van der Waals surface area contributed by atoms with Crippen LogP contribution >= 0.6 is 0 Å². The maximum absolute atomic E-state index is 5.49. The molecular formula is C15H23N3O. The van der Waals surface area contributed by atoms with Gasteiger partial charge in [0.1, 0.15) is 5.52 Å². The Hall–Kier alpha value is -1.39. The van der Waals surface area contributed by atoms with Crippen molar-refractivity contribution in [2.45, 2.75) is 19.8 Å². The summed E-state index contributed by atoms with van der Waals surface area (Å²) >= 11 is 0. The summed E-state index contributed by atoms with van der Waals surface area (Å²) in [5.41, 5.74) is 3.16.